The lowest BCUT2D eigenvalue weighted by atomic mass is 9.99. The highest BCUT2D eigenvalue weighted by atomic mass is 15.4. The number of aryl methyl sites for hydroxylation is 1. The first-order chi connectivity index (χ1) is 13.8. The lowest BCUT2D eigenvalue weighted by molar-refractivity contribution is 0.612. The van der Waals surface area contributed by atoms with Gasteiger partial charge in [0.2, 0.25) is 5.95 Å². The first-order valence-corrected chi connectivity index (χ1v) is 9.39. The summed E-state index contributed by atoms with van der Waals surface area (Å²) in [7, 11) is 0. The van der Waals surface area contributed by atoms with E-state index in [0.717, 1.165) is 17.2 Å². The maximum atomic E-state index is 4.42. The van der Waals surface area contributed by atoms with Crippen molar-refractivity contribution in [2.75, 3.05) is 5.32 Å². The van der Waals surface area contributed by atoms with E-state index in [1.165, 1.54) is 22.3 Å². The minimum absolute atomic E-state index is 0.0168. The Balaban J connectivity index is 1.52. The Hall–Kier alpha value is -3.66. The fourth-order valence-corrected chi connectivity index (χ4v) is 3.58. The van der Waals surface area contributed by atoms with Gasteiger partial charge in [-0.15, -0.1) is 0 Å². The maximum Gasteiger partial charge on any atom is 0.226 e. The number of rotatable bonds is 3. The minimum atomic E-state index is 0.0168. The van der Waals surface area contributed by atoms with Crippen LogP contribution in [0.3, 0.4) is 0 Å². The van der Waals surface area contributed by atoms with Crippen LogP contribution in [-0.2, 0) is 0 Å². The third-order valence-corrected chi connectivity index (χ3v) is 5.13. The van der Waals surface area contributed by atoms with Crippen LogP contribution in [0.2, 0.25) is 0 Å². The van der Waals surface area contributed by atoms with E-state index >= 15 is 0 Å². The zero-order valence-corrected chi connectivity index (χ0v) is 15.6. The van der Waals surface area contributed by atoms with E-state index in [4.69, 9.17) is 0 Å². The SMILES string of the molecule is Cc1ccc([C@H]2C=C(c3ccc(-c4ccccc4)cc3)Nc3ncnn32)cc1. The lowest BCUT2D eigenvalue weighted by Crippen LogP contribution is -2.20. The fourth-order valence-electron chi connectivity index (χ4n) is 3.58. The molecular formula is C24H20N4. The molecule has 0 bridgehead atoms. The first kappa shape index (κ1) is 16.5. The molecule has 0 unspecified atom stereocenters. The van der Waals surface area contributed by atoms with E-state index in [1.54, 1.807) is 6.33 Å². The molecule has 0 saturated carbocycles. The molecule has 5 rings (SSSR count). The van der Waals surface area contributed by atoms with Gasteiger partial charge in [0.05, 0.1) is 0 Å². The van der Waals surface area contributed by atoms with Gasteiger partial charge in [-0.3, -0.25) is 0 Å². The van der Waals surface area contributed by atoms with Crippen LogP contribution in [0.4, 0.5) is 5.95 Å². The molecule has 0 amide bonds. The Morgan fingerprint density at radius 1 is 0.786 bits per heavy atom. The van der Waals surface area contributed by atoms with Crippen molar-refractivity contribution < 1.29 is 0 Å². The molecule has 1 aliphatic rings. The van der Waals surface area contributed by atoms with Gasteiger partial charge < -0.3 is 5.32 Å². The maximum absolute atomic E-state index is 4.42. The van der Waals surface area contributed by atoms with E-state index in [0.29, 0.717) is 0 Å². The van der Waals surface area contributed by atoms with E-state index in [1.807, 2.05) is 10.7 Å². The molecule has 0 saturated heterocycles. The Morgan fingerprint density at radius 3 is 2.21 bits per heavy atom. The zero-order chi connectivity index (χ0) is 18.9. The van der Waals surface area contributed by atoms with Crippen molar-refractivity contribution in [3.63, 3.8) is 0 Å². The molecule has 28 heavy (non-hydrogen) atoms. The Labute approximate surface area is 164 Å². The first-order valence-electron chi connectivity index (χ1n) is 9.39. The second-order valence-corrected chi connectivity index (χ2v) is 7.03. The van der Waals surface area contributed by atoms with Gasteiger partial charge in [0.25, 0.3) is 0 Å². The average Bonchev–Trinajstić information content (AvgIpc) is 3.23. The summed E-state index contributed by atoms with van der Waals surface area (Å²) >= 11 is 0. The molecule has 1 aromatic heterocycles. The summed E-state index contributed by atoms with van der Waals surface area (Å²) in [4.78, 5) is 4.39. The number of allylic oxidation sites excluding steroid dienone is 1. The summed E-state index contributed by atoms with van der Waals surface area (Å²) in [6.07, 6.45) is 3.81. The third-order valence-electron chi connectivity index (χ3n) is 5.13. The van der Waals surface area contributed by atoms with Crippen LogP contribution in [-0.4, -0.2) is 14.8 Å². The lowest BCUT2D eigenvalue weighted by Gasteiger charge is -2.24. The molecule has 0 fully saturated rings. The predicted molar refractivity (Wildman–Crippen MR) is 113 cm³/mol. The summed E-state index contributed by atoms with van der Waals surface area (Å²) in [6, 6.07) is 27.6. The quantitative estimate of drug-likeness (QED) is 0.536. The van der Waals surface area contributed by atoms with E-state index in [9.17, 15) is 0 Å². The largest absolute Gasteiger partial charge is 0.324 e. The van der Waals surface area contributed by atoms with Crippen molar-refractivity contribution in [3.8, 4) is 11.1 Å². The van der Waals surface area contributed by atoms with Crippen molar-refractivity contribution in [1.82, 2.24) is 14.8 Å². The van der Waals surface area contributed by atoms with Crippen molar-refractivity contribution in [2.24, 2.45) is 0 Å². The van der Waals surface area contributed by atoms with Gasteiger partial charge in [-0.1, -0.05) is 84.4 Å². The second kappa shape index (κ2) is 6.82. The minimum Gasteiger partial charge on any atom is -0.324 e. The van der Waals surface area contributed by atoms with Gasteiger partial charge in [0, 0.05) is 5.70 Å². The number of aromatic nitrogens is 3. The van der Waals surface area contributed by atoms with Crippen LogP contribution in [0.5, 0.6) is 0 Å². The number of fused-ring (bicyclic) bond motifs is 1. The standard InChI is InChI=1S/C24H20N4/c1-17-7-9-21(10-8-17)23-15-22(27-24-25-16-26-28(23)24)20-13-11-19(12-14-20)18-5-3-2-4-6-18/h2-16,23H,1H3,(H,25,26,27)/t23-/m1/s1. The van der Waals surface area contributed by atoms with Crippen LogP contribution in [0.25, 0.3) is 16.8 Å². The molecule has 2 heterocycles. The number of hydrogen-bond acceptors (Lipinski definition) is 3. The van der Waals surface area contributed by atoms with Gasteiger partial charge >= 0.3 is 0 Å². The van der Waals surface area contributed by atoms with Gasteiger partial charge in [0.15, 0.2) is 0 Å². The van der Waals surface area contributed by atoms with Crippen LogP contribution in [0.1, 0.15) is 22.7 Å². The molecule has 3 aromatic carbocycles. The molecule has 0 spiro atoms. The predicted octanol–water partition coefficient (Wildman–Crippen LogP) is 5.31. The Morgan fingerprint density at radius 2 is 1.46 bits per heavy atom. The third kappa shape index (κ3) is 2.99. The molecule has 1 aliphatic heterocycles. The fraction of sp³-hybridized carbons (Fsp3) is 0.0833. The molecule has 136 valence electrons. The number of hydrogen-bond donors (Lipinski definition) is 1. The summed E-state index contributed by atoms with van der Waals surface area (Å²) in [5.74, 6) is 0.759. The Kier molecular flexibility index (Phi) is 4.02. The molecule has 4 nitrogen and oxygen atoms in total. The molecule has 0 aliphatic carbocycles. The molecule has 4 aromatic rings. The summed E-state index contributed by atoms with van der Waals surface area (Å²) in [5, 5.41) is 7.83. The second-order valence-electron chi connectivity index (χ2n) is 7.03. The van der Waals surface area contributed by atoms with Gasteiger partial charge in [-0.05, 0) is 35.3 Å². The van der Waals surface area contributed by atoms with Crippen molar-refractivity contribution in [3.05, 3.63) is 108 Å². The van der Waals surface area contributed by atoms with Crippen LogP contribution in [0, 0.1) is 6.92 Å². The van der Waals surface area contributed by atoms with Crippen LogP contribution >= 0.6 is 0 Å². The van der Waals surface area contributed by atoms with Crippen molar-refractivity contribution in [1.29, 1.82) is 0 Å². The summed E-state index contributed by atoms with van der Waals surface area (Å²) in [5.41, 5.74) is 7.04. The number of anilines is 1. The number of nitrogens with one attached hydrogen (secondary N) is 1. The summed E-state index contributed by atoms with van der Waals surface area (Å²) < 4.78 is 1.92. The topological polar surface area (TPSA) is 42.7 Å². The zero-order valence-electron chi connectivity index (χ0n) is 15.6. The van der Waals surface area contributed by atoms with E-state index in [2.05, 4.69) is 101 Å². The molecule has 4 heteroatoms. The monoisotopic (exact) mass is 364 g/mol. The van der Waals surface area contributed by atoms with Gasteiger partial charge in [-0.2, -0.15) is 10.1 Å². The van der Waals surface area contributed by atoms with Crippen molar-refractivity contribution >= 4 is 11.6 Å². The molecule has 1 atom stereocenters. The molecule has 0 radical (unpaired) electrons. The van der Waals surface area contributed by atoms with Gasteiger partial charge in [0.1, 0.15) is 12.4 Å². The highest BCUT2D eigenvalue weighted by molar-refractivity contribution is 5.78. The normalized spacial score (nSPS) is 15.5. The van der Waals surface area contributed by atoms with E-state index < -0.39 is 0 Å². The van der Waals surface area contributed by atoms with Crippen LogP contribution < -0.4 is 5.32 Å². The van der Waals surface area contributed by atoms with Crippen molar-refractivity contribution in [2.45, 2.75) is 13.0 Å². The number of nitrogens with zero attached hydrogens (tertiary/aromatic N) is 3. The van der Waals surface area contributed by atoms with Gasteiger partial charge in [-0.25, -0.2) is 4.68 Å². The molecule has 1 N–H and O–H groups in total. The smallest absolute Gasteiger partial charge is 0.226 e. The Bertz CT molecular complexity index is 1120. The summed E-state index contributed by atoms with van der Waals surface area (Å²) in [6.45, 7) is 2.10. The molecular weight excluding hydrogens is 344 g/mol. The highest BCUT2D eigenvalue weighted by Gasteiger charge is 2.23. The number of benzene rings is 3. The average molecular weight is 364 g/mol. The van der Waals surface area contributed by atoms with E-state index in [-0.39, 0.29) is 6.04 Å². The van der Waals surface area contributed by atoms with Crippen LogP contribution in [0.15, 0.2) is 91.3 Å². The highest BCUT2D eigenvalue weighted by Crippen LogP contribution is 2.32.